The molecule has 1 aromatic heterocycles. The second-order valence-corrected chi connectivity index (χ2v) is 16.0. The van der Waals surface area contributed by atoms with Crippen molar-refractivity contribution in [2.45, 2.75) is 57.2 Å². The lowest BCUT2D eigenvalue weighted by Crippen LogP contribution is -2.48. The lowest BCUT2D eigenvalue weighted by Gasteiger charge is -2.39. The number of rotatable bonds is 13. The summed E-state index contributed by atoms with van der Waals surface area (Å²) in [6.07, 6.45) is 6.33. The Hall–Kier alpha value is -4.50. The van der Waals surface area contributed by atoms with Gasteiger partial charge in [0.25, 0.3) is 0 Å². The van der Waals surface area contributed by atoms with E-state index in [0.29, 0.717) is 6.04 Å². The topological polar surface area (TPSA) is 56.7 Å². The third kappa shape index (κ3) is 10.7. The standard InChI is InChI=1S/C27H30N4O.C22H28ClNO/c32-27-28-24-14-7-8-15-25(24)31(27)17-9-16-29-18-20-30(21-19-29)26(22-10-3-1-4-11-22)23-12-5-2-6-13-23;1-22(19-9-5-4-6-10-19,20-11-13-21(23)14-12-20)25-18-17-24-15-7-2-3-8-16-24/h1-8,10-15,26H,9,16-21H2,(H,28,32);4-6,9-14H,2-3,7-8,15-18H2,1H3. The number of imidazole rings is 1. The van der Waals surface area contributed by atoms with Gasteiger partial charge < -0.3 is 19.5 Å². The number of aryl methyl sites for hydroxylation is 1. The highest BCUT2D eigenvalue weighted by molar-refractivity contribution is 6.30. The molecule has 8 heteroatoms. The summed E-state index contributed by atoms with van der Waals surface area (Å²) in [5.41, 5.74) is 6.46. The molecule has 0 amide bonds. The van der Waals surface area contributed by atoms with Crippen LogP contribution in [0.25, 0.3) is 11.0 Å². The maximum Gasteiger partial charge on any atom is 0.326 e. The van der Waals surface area contributed by atoms with E-state index >= 15 is 0 Å². The number of hydrogen-bond donors (Lipinski definition) is 1. The highest BCUT2D eigenvalue weighted by atomic mass is 35.5. The number of aromatic nitrogens is 2. The summed E-state index contributed by atoms with van der Waals surface area (Å²) in [5.74, 6) is 0. The lowest BCUT2D eigenvalue weighted by molar-refractivity contribution is -0.0141. The van der Waals surface area contributed by atoms with Crippen molar-refractivity contribution in [1.29, 1.82) is 0 Å². The van der Waals surface area contributed by atoms with Crippen molar-refractivity contribution in [2.24, 2.45) is 0 Å². The number of hydrogen-bond acceptors (Lipinski definition) is 5. The molecule has 57 heavy (non-hydrogen) atoms. The predicted molar refractivity (Wildman–Crippen MR) is 235 cm³/mol. The van der Waals surface area contributed by atoms with Crippen molar-refractivity contribution >= 4 is 22.6 Å². The van der Waals surface area contributed by atoms with E-state index in [1.165, 1.54) is 55.5 Å². The average molecular weight is 784 g/mol. The summed E-state index contributed by atoms with van der Waals surface area (Å²) in [7, 11) is 0. The molecule has 298 valence electrons. The van der Waals surface area contributed by atoms with Crippen LogP contribution in [0.15, 0.2) is 144 Å². The Labute approximate surface area is 343 Å². The molecule has 6 aromatic rings. The summed E-state index contributed by atoms with van der Waals surface area (Å²) in [6, 6.07) is 48.4. The smallest absolute Gasteiger partial charge is 0.326 e. The fourth-order valence-corrected chi connectivity index (χ4v) is 8.63. The van der Waals surface area contributed by atoms with Gasteiger partial charge in [0.2, 0.25) is 0 Å². The van der Waals surface area contributed by atoms with Gasteiger partial charge in [-0.25, -0.2) is 4.79 Å². The van der Waals surface area contributed by atoms with Gasteiger partial charge in [0.05, 0.1) is 23.7 Å². The van der Waals surface area contributed by atoms with Gasteiger partial charge in [-0.05, 0) is 92.3 Å². The molecule has 1 N–H and O–H groups in total. The quantitative estimate of drug-likeness (QED) is 0.127. The van der Waals surface area contributed by atoms with Gasteiger partial charge in [0, 0.05) is 44.3 Å². The van der Waals surface area contributed by atoms with Crippen LogP contribution < -0.4 is 5.69 Å². The summed E-state index contributed by atoms with van der Waals surface area (Å²) < 4.78 is 8.37. The van der Waals surface area contributed by atoms with Crippen LogP contribution in [0.4, 0.5) is 0 Å². The summed E-state index contributed by atoms with van der Waals surface area (Å²) in [6.45, 7) is 12.2. The zero-order chi connectivity index (χ0) is 39.3. The molecule has 1 atom stereocenters. The van der Waals surface area contributed by atoms with E-state index in [1.807, 2.05) is 47.0 Å². The normalized spacial score (nSPS) is 16.8. The van der Waals surface area contributed by atoms with Crippen molar-refractivity contribution in [1.82, 2.24) is 24.3 Å². The van der Waals surface area contributed by atoms with Crippen molar-refractivity contribution in [2.75, 3.05) is 59.0 Å². The van der Waals surface area contributed by atoms with Crippen LogP contribution in [0.3, 0.4) is 0 Å². The number of ether oxygens (including phenoxy) is 1. The number of para-hydroxylation sites is 2. The Bertz CT molecular complexity index is 2080. The highest BCUT2D eigenvalue weighted by Crippen LogP contribution is 2.34. The van der Waals surface area contributed by atoms with Gasteiger partial charge in [0.15, 0.2) is 0 Å². The number of aromatic amines is 1. The SMILES string of the molecule is CC(OCCN1CCCCCC1)(c1ccccc1)c1ccc(Cl)cc1.O=c1[nH]c2ccccc2n1CCCN1CCN(C(c2ccccc2)c2ccccc2)CC1. The van der Waals surface area contributed by atoms with Crippen LogP contribution in [0, 0.1) is 0 Å². The molecule has 0 bridgehead atoms. The minimum atomic E-state index is -0.461. The maximum atomic E-state index is 12.3. The minimum Gasteiger partial charge on any atom is -0.365 e. The monoisotopic (exact) mass is 783 g/mol. The van der Waals surface area contributed by atoms with Gasteiger partial charge in [-0.15, -0.1) is 0 Å². The fraction of sp³-hybridized carbons (Fsp3) is 0.367. The van der Waals surface area contributed by atoms with Gasteiger partial charge in [-0.3, -0.25) is 9.47 Å². The summed E-state index contributed by atoms with van der Waals surface area (Å²) in [5, 5.41) is 0.753. The maximum absolute atomic E-state index is 12.3. The molecule has 0 saturated carbocycles. The number of fused-ring (bicyclic) bond motifs is 1. The fourth-order valence-electron chi connectivity index (χ4n) is 8.51. The van der Waals surface area contributed by atoms with Crippen molar-refractivity contribution in [3.8, 4) is 0 Å². The molecule has 2 aliphatic rings. The Morgan fingerprint density at radius 2 is 1.16 bits per heavy atom. The van der Waals surface area contributed by atoms with Crippen molar-refractivity contribution in [3.05, 3.63) is 177 Å². The first-order valence-electron chi connectivity index (χ1n) is 20.9. The third-order valence-corrected chi connectivity index (χ3v) is 12.0. The third-order valence-electron chi connectivity index (χ3n) is 11.8. The number of nitrogens with one attached hydrogen (secondary N) is 1. The molecule has 2 fully saturated rings. The van der Waals surface area contributed by atoms with E-state index in [-0.39, 0.29) is 5.69 Å². The molecule has 0 aliphatic carbocycles. The number of piperazine rings is 1. The number of nitrogens with zero attached hydrogens (tertiary/aromatic N) is 4. The Balaban J connectivity index is 0.000000180. The van der Waals surface area contributed by atoms with E-state index < -0.39 is 5.60 Å². The van der Waals surface area contributed by atoms with Crippen LogP contribution in [0.5, 0.6) is 0 Å². The minimum absolute atomic E-state index is 0.00965. The lowest BCUT2D eigenvalue weighted by atomic mass is 9.88. The first kappa shape index (κ1) is 40.7. The Morgan fingerprint density at radius 1 is 0.614 bits per heavy atom. The first-order valence-corrected chi connectivity index (χ1v) is 21.3. The summed E-state index contributed by atoms with van der Waals surface area (Å²) >= 11 is 6.08. The van der Waals surface area contributed by atoms with Crippen LogP contribution in [-0.4, -0.2) is 83.2 Å². The van der Waals surface area contributed by atoms with Crippen LogP contribution in [0.2, 0.25) is 5.02 Å². The molecule has 0 radical (unpaired) electrons. The molecule has 5 aromatic carbocycles. The molecule has 0 spiro atoms. The van der Waals surface area contributed by atoms with Gasteiger partial charge in [0.1, 0.15) is 5.60 Å². The predicted octanol–water partition coefficient (Wildman–Crippen LogP) is 9.62. The van der Waals surface area contributed by atoms with Crippen LogP contribution >= 0.6 is 11.6 Å². The molecule has 3 heterocycles. The Kier molecular flexibility index (Phi) is 14.5. The largest absolute Gasteiger partial charge is 0.365 e. The van der Waals surface area contributed by atoms with Crippen LogP contribution in [-0.2, 0) is 16.9 Å². The van der Waals surface area contributed by atoms with Crippen molar-refractivity contribution in [3.63, 3.8) is 0 Å². The summed E-state index contributed by atoms with van der Waals surface area (Å²) in [4.78, 5) is 22.9. The van der Waals surface area contributed by atoms with E-state index in [0.717, 1.165) is 80.5 Å². The Morgan fingerprint density at radius 3 is 1.79 bits per heavy atom. The molecular weight excluding hydrogens is 726 g/mol. The molecular formula is C49H58ClN5O2. The van der Waals surface area contributed by atoms with Gasteiger partial charge in [-0.1, -0.05) is 140 Å². The molecule has 8 rings (SSSR count). The zero-order valence-electron chi connectivity index (χ0n) is 33.4. The number of likely N-dealkylation sites (tertiary alicyclic amines) is 1. The van der Waals surface area contributed by atoms with E-state index in [4.69, 9.17) is 16.3 Å². The molecule has 2 aliphatic heterocycles. The van der Waals surface area contributed by atoms with Gasteiger partial charge >= 0.3 is 5.69 Å². The van der Waals surface area contributed by atoms with Gasteiger partial charge in [-0.2, -0.15) is 0 Å². The molecule has 1 unspecified atom stereocenters. The molecule has 7 nitrogen and oxygen atoms in total. The molecule has 2 saturated heterocycles. The van der Waals surface area contributed by atoms with E-state index in [1.54, 1.807) is 0 Å². The van der Waals surface area contributed by atoms with E-state index in [2.05, 4.69) is 124 Å². The first-order chi connectivity index (χ1) is 28.0. The number of halogens is 1. The number of benzene rings is 5. The van der Waals surface area contributed by atoms with Crippen molar-refractivity contribution < 1.29 is 4.74 Å². The zero-order valence-corrected chi connectivity index (χ0v) is 34.2. The number of H-pyrrole nitrogens is 1. The second-order valence-electron chi connectivity index (χ2n) is 15.6. The van der Waals surface area contributed by atoms with E-state index in [9.17, 15) is 4.79 Å². The average Bonchev–Trinajstić information content (AvgIpc) is 3.37. The highest BCUT2D eigenvalue weighted by Gasteiger charge is 2.30. The second kappa shape index (κ2) is 20.3. The van der Waals surface area contributed by atoms with Crippen LogP contribution in [0.1, 0.15) is 67.3 Å².